The first-order chi connectivity index (χ1) is 26.9. The van der Waals surface area contributed by atoms with Crippen LogP contribution in [0.3, 0.4) is 0 Å². The van der Waals surface area contributed by atoms with E-state index in [0.29, 0.717) is 24.2 Å². The number of fused-ring (bicyclic) bond motifs is 3. The summed E-state index contributed by atoms with van der Waals surface area (Å²) in [5.41, 5.74) is 1.08. The van der Waals surface area contributed by atoms with Crippen molar-refractivity contribution in [1.82, 2.24) is 9.80 Å². The van der Waals surface area contributed by atoms with Gasteiger partial charge in [-0.3, -0.25) is 19.3 Å². The number of phenols is 1. The van der Waals surface area contributed by atoms with Crippen LogP contribution in [0.5, 0.6) is 5.75 Å². The molecule has 55 heavy (non-hydrogen) atoms. The number of hydrogen-bond acceptors (Lipinski definition) is 9. The highest BCUT2D eigenvalue weighted by Gasteiger charge is 2.76. The van der Waals surface area contributed by atoms with Crippen LogP contribution in [0.2, 0.25) is 0 Å². The maximum atomic E-state index is 15.9. The lowest BCUT2D eigenvalue weighted by molar-refractivity contribution is -0.179. The summed E-state index contributed by atoms with van der Waals surface area (Å²) in [7, 11) is 1.49. The summed E-state index contributed by atoms with van der Waals surface area (Å²) < 4.78 is 17.3. The highest BCUT2D eigenvalue weighted by molar-refractivity contribution is 6.23. The van der Waals surface area contributed by atoms with E-state index in [1.165, 1.54) is 7.11 Å². The highest BCUT2D eigenvalue weighted by atomic mass is 16.6. The van der Waals surface area contributed by atoms with Crippen molar-refractivity contribution in [2.45, 2.75) is 61.7 Å². The van der Waals surface area contributed by atoms with Crippen LogP contribution in [-0.2, 0) is 34.0 Å². The molecule has 0 bridgehead atoms. The number of phenolic OH excluding ortho intramolecular Hbond substituents is 1. The van der Waals surface area contributed by atoms with Gasteiger partial charge in [-0.05, 0) is 53.3 Å². The lowest BCUT2D eigenvalue weighted by Crippen LogP contribution is -2.56. The van der Waals surface area contributed by atoms with Crippen LogP contribution in [0.1, 0.15) is 72.5 Å². The van der Waals surface area contributed by atoms with Gasteiger partial charge < -0.3 is 24.2 Å². The van der Waals surface area contributed by atoms with Crippen LogP contribution in [-0.4, -0.2) is 78.2 Å². The minimum absolute atomic E-state index is 0.0157. The van der Waals surface area contributed by atoms with Gasteiger partial charge in [0.2, 0.25) is 11.8 Å². The lowest BCUT2D eigenvalue weighted by atomic mass is 9.65. The van der Waals surface area contributed by atoms with E-state index in [2.05, 4.69) is 0 Å². The van der Waals surface area contributed by atoms with Crippen molar-refractivity contribution < 1.29 is 38.5 Å². The molecule has 0 saturated carbocycles. The summed E-state index contributed by atoms with van der Waals surface area (Å²) >= 11 is 0. The number of rotatable bonds is 7. The molecule has 3 fully saturated rings. The first-order valence-corrected chi connectivity index (χ1v) is 19.1. The number of ether oxygens (including phenoxy) is 3. The Kier molecular flexibility index (Phi) is 10.2. The van der Waals surface area contributed by atoms with Crippen LogP contribution in [0, 0.1) is 5.92 Å². The van der Waals surface area contributed by atoms with E-state index in [9.17, 15) is 9.90 Å². The van der Waals surface area contributed by atoms with Crippen LogP contribution in [0.4, 0.5) is 10.5 Å². The Hall–Kier alpha value is -5.52. The van der Waals surface area contributed by atoms with Gasteiger partial charge in [-0.15, -0.1) is 0 Å². The van der Waals surface area contributed by atoms with Gasteiger partial charge in [0.15, 0.2) is 0 Å². The summed E-state index contributed by atoms with van der Waals surface area (Å²) in [6.45, 7) is 0.977. The van der Waals surface area contributed by atoms with Crippen molar-refractivity contribution in [3.63, 3.8) is 0 Å². The summed E-state index contributed by atoms with van der Waals surface area (Å²) in [4.78, 5) is 65.5. The molecule has 8 rings (SSSR count). The molecular weight excluding hydrogens is 698 g/mol. The molecule has 6 atom stereocenters. The summed E-state index contributed by atoms with van der Waals surface area (Å²) in [5, 5.41) is 10.5. The number of para-hydroxylation sites is 1. The molecule has 0 aliphatic carbocycles. The van der Waals surface area contributed by atoms with Gasteiger partial charge in [-0.2, -0.15) is 0 Å². The molecule has 4 heterocycles. The number of methoxy groups -OCH3 is 1. The molecule has 1 N–H and O–H groups in total. The highest BCUT2D eigenvalue weighted by Crippen LogP contribution is 2.66. The second-order valence-corrected chi connectivity index (χ2v) is 14.7. The molecule has 284 valence electrons. The number of carbonyl (C=O) groups excluding carboxylic acids is 4. The van der Waals surface area contributed by atoms with E-state index < -0.39 is 53.5 Å². The molecule has 4 aliphatic rings. The first-order valence-electron chi connectivity index (χ1n) is 19.1. The van der Waals surface area contributed by atoms with Crippen LogP contribution >= 0.6 is 0 Å². The number of aromatic hydroxyl groups is 1. The second-order valence-electron chi connectivity index (χ2n) is 14.7. The van der Waals surface area contributed by atoms with Gasteiger partial charge in [0.1, 0.15) is 29.9 Å². The SMILES string of the molecule is COCCOC(=O)N1C(=O)[C@@]2(c3ccccc31)[C@H](c1ccc(O)cc1)N1[C@H](c3ccccc3)[C@H](c3ccccc3)OC(=O)[C@H]1[C@@H]2C(=O)N1CCCCCCC1. The number of benzene rings is 4. The Labute approximate surface area is 320 Å². The minimum Gasteiger partial charge on any atom is -0.508 e. The van der Waals surface area contributed by atoms with Gasteiger partial charge in [-0.1, -0.05) is 110 Å². The van der Waals surface area contributed by atoms with Gasteiger partial charge in [0, 0.05) is 20.2 Å². The number of anilines is 1. The zero-order valence-corrected chi connectivity index (χ0v) is 30.8. The number of carbonyl (C=O) groups is 4. The molecular formula is C44H45N3O8. The zero-order valence-electron chi connectivity index (χ0n) is 30.8. The predicted molar refractivity (Wildman–Crippen MR) is 203 cm³/mol. The molecule has 4 aromatic rings. The Morgan fingerprint density at radius 1 is 0.745 bits per heavy atom. The van der Waals surface area contributed by atoms with Crippen molar-refractivity contribution in [1.29, 1.82) is 0 Å². The third-order valence-corrected chi connectivity index (χ3v) is 11.7. The number of esters is 1. The Bertz CT molecular complexity index is 2030. The maximum Gasteiger partial charge on any atom is 0.421 e. The van der Waals surface area contributed by atoms with Crippen LogP contribution in [0.25, 0.3) is 0 Å². The minimum atomic E-state index is -1.81. The third-order valence-electron chi connectivity index (χ3n) is 11.7. The smallest absolute Gasteiger partial charge is 0.421 e. The van der Waals surface area contributed by atoms with Crippen LogP contribution < -0.4 is 4.90 Å². The normalized spacial score (nSPS) is 26.5. The summed E-state index contributed by atoms with van der Waals surface area (Å²) in [6, 6.07) is 29.8. The lowest BCUT2D eigenvalue weighted by Gasteiger charge is -2.46. The van der Waals surface area contributed by atoms with Crippen molar-refractivity contribution in [3.05, 3.63) is 131 Å². The van der Waals surface area contributed by atoms with Gasteiger partial charge in [0.25, 0.3) is 0 Å². The van der Waals surface area contributed by atoms with E-state index in [1.54, 1.807) is 48.5 Å². The summed E-state index contributed by atoms with van der Waals surface area (Å²) in [5.74, 6) is -2.91. The van der Waals surface area contributed by atoms with E-state index in [4.69, 9.17) is 14.2 Å². The molecule has 1 spiro atoms. The fraction of sp³-hybridized carbons (Fsp3) is 0.364. The largest absolute Gasteiger partial charge is 0.508 e. The Morgan fingerprint density at radius 2 is 1.36 bits per heavy atom. The van der Waals surface area contributed by atoms with Gasteiger partial charge >= 0.3 is 12.1 Å². The fourth-order valence-electron chi connectivity index (χ4n) is 9.42. The molecule has 3 amide bonds. The Morgan fingerprint density at radius 3 is 2.04 bits per heavy atom. The van der Waals surface area contributed by atoms with Crippen molar-refractivity contribution >= 4 is 29.6 Å². The van der Waals surface area contributed by atoms with Crippen molar-refractivity contribution in [2.24, 2.45) is 5.92 Å². The van der Waals surface area contributed by atoms with E-state index in [0.717, 1.165) is 48.1 Å². The number of nitrogens with zero attached hydrogens (tertiary/aromatic N) is 3. The van der Waals surface area contributed by atoms with E-state index in [1.807, 2.05) is 70.5 Å². The second kappa shape index (κ2) is 15.3. The quantitative estimate of drug-likeness (QED) is 0.164. The van der Waals surface area contributed by atoms with E-state index in [-0.39, 0.29) is 30.6 Å². The summed E-state index contributed by atoms with van der Waals surface area (Å²) in [6.07, 6.45) is 2.86. The van der Waals surface area contributed by atoms with Crippen molar-refractivity contribution in [2.75, 3.05) is 38.3 Å². The van der Waals surface area contributed by atoms with Gasteiger partial charge in [0.05, 0.1) is 30.3 Å². The average Bonchev–Trinajstić information content (AvgIpc) is 3.65. The molecule has 4 aliphatic heterocycles. The number of likely N-dealkylation sites (tertiary alicyclic amines) is 1. The molecule has 0 aromatic heterocycles. The molecule has 0 radical (unpaired) electrons. The number of hydrogen-bond donors (Lipinski definition) is 1. The number of morpholine rings is 1. The Balaban J connectivity index is 1.42. The first kappa shape index (κ1) is 36.5. The molecule has 11 heteroatoms. The number of imide groups is 1. The number of amides is 3. The average molecular weight is 744 g/mol. The van der Waals surface area contributed by atoms with Gasteiger partial charge in [-0.25, -0.2) is 9.69 Å². The molecule has 0 unspecified atom stereocenters. The van der Waals surface area contributed by atoms with Crippen molar-refractivity contribution in [3.8, 4) is 5.75 Å². The van der Waals surface area contributed by atoms with E-state index >= 15 is 14.4 Å². The fourth-order valence-corrected chi connectivity index (χ4v) is 9.42. The topological polar surface area (TPSA) is 126 Å². The third kappa shape index (κ3) is 6.15. The molecule has 3 saturated heterocycles. The zero-order chi connectivity index (χ0) is 38.1. The number of cyclic esters (lactones) is 1. The monoisotopic (exact) mass is 743 g/mol. The standard InChI is InChI=1S/C44H45N3O8/c1-53-27-28-54-43(52)46-34-20-12-11-19-33(34)44(42(46)51)35(40(49)45-25-13-3-2-4-14-26-45)37-41(50)55-38(30-17-9-6-10-18-30)36(29-15-7-5-8-16-29)47(37)39(44)31-21-23-32(48)24-22-31/h5-12,15-24,35-39,48H,2-4,13-14,25-28H2,1H3/t35-,36-,37-,38+,39+,44-/m1/s1. The molecule has 11 nitrogen and oxygen atoms in total. The predicted octanol–water partition coefficient (Wildman–Crippen LogP) is 6.63. The van der Waals surface area contributed by atoms with Crippen LogP contribution in [0.15, 0.2) is 109 Å². The maximum absolute atomic E-state index is 15.9. The molecule has 4 aromatic carbocycles.